The Bertz CT molecular complexity index is 329. The summed E-state index contributed by atoms with van der Waals surface area (Å²) in [4.78, 5) is 0. The molecule has 2 saturated carbocycles. The summed E-state index contributed by atoms with van der Waals surface area (Å²) in [6, 6.07) is 0. The van der Waals surface area contributed by atoms with E-state index in [-0.39, 0.29) is 22.2 Å². The first-order valence-electron chi connectivity index (χ1n) is 9.78. The molecule has 0 unspecified atom stereocenters. The van der Waals surface area contributed by atoms with Crippen LogP contribution >= 0.6 is 0 Å². The van der Waals surface area contributed by atoms with Gasteiger partial charge < -0.3 is 22.9 Å². The van der Waals surface area contributed by atoms with Crippen molar-refractivity contribution in [2.45, 2.75) is 115 Å². The van der Waals surface area contributed by atoms with Crippen LogP contribution in [0.1, 0.15) is 92.9 Å². The highest BCUT2D eigenvalue weighted by Gasteiger charge is 2.34. The number of hydrogen-bond acceptors (Lipinski definition) is 4. The highest BCUT2D eigenvalue weighted by Crippen LogP contribution is 2.35. The Morgan fingerprint density at radius 1 is 0.625 bits per heavy atom. The molecule has 4 heteroatoms. The van der Waals surface area contributed by atoms with Gasteiger partial charge in [-0.05, 0) is 105 Å². The lowest BCUT2D eigenvalue weighted by atomic mass is 9.71. The van der Waals surface area contributed by atoms with Crippen LogP contribution in [0.3, 0.4) is 0 Å². The molecule has 0 heterocycles. The minimum atomic E-state index is -0.0174. The van der Waals surface area contributed by atoms with Crippen LogP contribution in [0.25, 0.3) is 0 Å². The van der Waals surface area contributed by atoms with E-state index in [1.54, 1.807) is 0 Å². The van der Waals surface area contributed by atoms with Crippen LogP contribution in [-0.4, -0.2) is 22.2 Å². The molecule has 2 aliphatic carbocycles. The molecule has 2 fully saturated rings. The Hall–Kier alpha value is -0.160. The maximum Gasteiger partial charge on any atom is 0.0126 e. The summed E-state index contributed by atoms with van der Waals surface area (Å²) in [5.74, 6) is 1.32. The normalized spacial score (nSPS) is 38.2. The van der Waals surface area contributed by atoms with Crippen LogP contribution in [0.5, 0.6) is 0 Å². The van der Waals surface area contributed by atoms with E-state index < -0.39 is 0 Å². The van der Waals surface area contributed by atoms with Gasteiger partial charge in [-0.1, -0.05) is 0 Å². The van der Waals surface area contributed by atoms with Gasteiger partial charge in [-0.15, -0.1) is 0 Å². The highest BCUT2D eigenvalue weighted by molar-refractivity contribution is 4.93. The zero-order valence-electron chi connectivity index (χ0n) is 17.1. The van der Waals surface area contributed by atoms with Gasteiger partial charge in [0.25, 0.3) is 0 Å². The lowest BCUT2D eigenvalue weighted by molar-refractivity contribution is 0.184. The Balaban J connectivity index is 0.000000240. The standard InChI is InChI=1S/2C10H22N2/c2*1-9(2,11)8-4-6-10(3,12)7-5-8/h2*8H,4-7,11-12H2,1-3H3. The van der Waals surface area contributed by atoms with Crippen LogP contribution in [0.15, 0.2) is 0 Å². The molecule has 0 spiro atoms. The molecule has 2 rings (SSSR count). The van der Waals surface area contributed by atoms with Gasteiger partial charge in [-0.25, -0.2) is 0 Å². The van der Waals surface area contributed by atoms with E-state index >= 15 is 0 Å². The van der Waals surface area contributed by atoms with E-state index in [0.717, 1.165) is 25.7 Å². The Kier molecular flexibility index (Phi) is 6.94. The molecule has 0 aromatic carbocycles. The van der Waals surface area contributed by atoms with Crippen LogP contribution < -0.4 is 22.9 Å². The van der Waals surface area contributed by atoms with E-state index in [1.807, 2.05) is 0 Å². The van der Waals surface area contributed by atoms with Gasteiger partial charge in [0, 0.05) is 22.2 Å². The van der Waals surface area contributed by atoms with E-state index in [4.69, 9.17) is 22.9 Å². The van der Waals surface area contributed by atoms with Crippen LogP contribution in [-0.2, 0) is 0 Å². The van der Waals surface area contributed by atoms with E-state index in [9.17, 15) is 0 Å². The lowest BCUT2D eigenvalue weighted by Gasteiger charge is -2.40. The largest absolute Gasteiger partial charge is 0.325 e. The molecular formula is C20H44N4. The van der Waals surface area contributed by atoms with Gasteiger partial charge in [0.2, 0.25) is 0 Å². The fourth-order valence-corrected chi connectivity index (χ4v) is 4.04. The zero-order chi connectivity index (χ0) is 18.8. The molecule has 0 aromatic rings. The van der Waals surface area contributed by atoms with Crippen LogP contribution in [0, 0.1) is 11.8 Å². The molecule has 2 aliphatic rings. The molecule has 0 radical (unpaired) electrons. The van der Waals surface area contributed by atoms with Crippen molar-refractivity contribution in [3.63, 3.8) is 0 Å². The molecule has 0 saturated heterocycles. The first-order chi connectivity index (χ1) is 10.6. The maximum atomic E-state index is 6.06. The second-order valence-corrected chi connectivity index (χ2v) is 10.5. The number of nitrogens with two attached hydrogens (primary N) is 4. The molecular weight excluding hydrogens is 296 g/mol. The molecule has 0 amide bonds. The van der Waals surface area contributed by atoms with Crippen molar-refractivity contribution in [3.05, 3.63) is 0 Å². The van der Waals surface area contributed by atoms with Gasteiger partial charge in [0.1, 0.15) is 0 Å². The first-order valence-corrected chi connectivity index (χ1v) is 9.78. The summed E-state index contributed by atoms with van der Waals surface area (Å²) >= 11 is 0. The molecule has 0 bridgehead atoms. The Morgan fingerprint density at radius 2 is 0.833 bits per heavy atom. The van der Waals surface area contributed by atoms with E-state index in [2.05, 4.69) is 41.5 Å². The fraction of sp³-hybridized carbons (Fsp3) is 1.00. The van der Waals surface area contributed by atoms with Crippen molar-refractivity contribution in [3.8, 4) is 0 Å². The smallest absolute Gasteiger partial charge is 0.0126 e. The monoisotopic (exact) mass is 340 g/mol. The SMILES string of the molecule is CC1(N)CCC(C(C)(C)N)CC1.CC1(N)CCC(C(C)(C)N)CC1. The molecule has 8 N–H and O–H groups in total. The summed E-state index contributed by atoms with van der Waals surface area (Å²) in [6.45, 7) is 12.8. The predicted octanol–water partition coefficient (Wildman–Crippen LogP) is 3.26. The van der Waals surface area contributed by atoms with E-state index in [0.29, 0.717) is 11.8 Å². The summed E-state index contributed by atoms with van der Waals surface area (Å²) in [6.07, 6.45) is 9.26. The van der Waals surface area contributed by atoms with Crippen molar-refractivity contribution in [1.82, 2.24) is 0 Å². The lowest BCUT2D eigenvalue weighted by Crippen LogP contribution is -2.48. The minimum absolute atomic E-state index is 0.0174. The molecule has 0 aromatic heterocycles. The van der Waals surface area contributed by atoms with Crippen molar-refractivity contribution in [1.29, 1.82) is 0 Å². The number of rotatable bonds is 2. The molecule has 0 aliphatic heterocycles. The van der Waals surface area contributed by atoms with Crippen LogP contribution in [0.4, 0.5) is 0 Å². The zero-order valence-corrected chi connectivity index (χ0v) is 17.1. The summed E-state index contributed by atoms with van der Waals surface area (Å²) in [5, 5.41) is 0. The second kappa shape index (κ2) is 7.61. The summed E-state index contributed by atoms with van der Waals surface area (Å²) in [7, 11) is 0. The van der Waals surface area contributed by atoms with Crippen molar-refractivity contribution < 1.29 is 0 Å². The Morgan fingerprint density at radius 3 is 1.00 bits per heavy atom. The predicted molar refractivity (Wildman–Crippen MR) is 106 cm³/mol. The summed E-state index contributed by atoms with van der Waals surface area (Å²) in [5.41, 5.74) is 24.3. The first kappa shape index (κ1) is 21.9. The quantitative estimate of drug-likeness (QED) is 0.619. The third-order valence-electron chi connectivity index (χ3n) is 6.36. The second-order valence-electron chi connectivity index (χ2n) is 10.5. The van der Waals surface area contributed by atoms with Gasteiger partial charge in [-0.2, -0.15) is 0 Å². The van der Waals surface area contributed by atoms with Crippen molar-refractivity contribution in [2.75, 3.05) is 0 Å². The molecule has 4 nitrogen and oxygen atoms in total. The topological polar surface area (TPSA) is 104 Å². The average Bonchev–Trinajstić information content (AvgIpc) is 2.36. The van der Waals surface area contributed by atoms with Gasteiger partial charge in [0.15, 0.2) is 0 Å². The highest BCUT2D eigenvalue weighted by atomic mass is 14.8. The van der Waals surface area contributed by atoms with Crippen molar-refractivity contribution >= 4 is 0 Å². The van der Waals surface area contributed by atoms with Gasteiger partial charge in [-0.3, -0.25) is 0 Å². The van der Waals surface area contributed by atoms with Crippen LogP contribution in [0.2, 0.25) is 0 Å². The molecule has 0 atom stereocenters. The van der Waals surface area contributed by atoms with Gasteiger partial charge >= 0.3 is 0 Å². The van der Waals surface area contributed by atoms with Crippen molar-refractivity contribution in [2.24, 2.45) is 34.8 Å². The maximum absolute atomic E-state index is 6.06. The molecule has 24 heavy (non-hydrogen) atoms. The summed E-state index contributed by atoms with van der Waals surface area (Å²) < 4.78 is 0. The van der Waals surface area contributed by atoms with Gasteiger partial charge in [0.05, 0.1) is 0 Å². The third-order valence-corrected chi connectivity index (χ3v) is 6.36. The average molecular weight is 341 g/mol. The Labute approximate surface area is 150 Å². The fourth-order valence-electron chi connectivity index (χ4n) is 4.04. The van der Waals surface area contributed by atoms with E-state index in [1.165, 1.54) is 25.7 Å². The minimum Gasteiger partial charge on any atom is -0.325 e. The molecule has 144 valence electrons. The number of hydrogen-bond donors (Lipinski definition) is 4. The third kappa shape index (κ3) is 7.38.